The lowest BCUT2D eigenvalue weighted by Gasteiger charge is -2.34. The molecule has 6 atom stereocenters. The third-order valence-electron chi connectivity index (χ3n) is 8.98. The van der Waals surface area contributed by atoms with Crippen LogP contribution in [0.3, 0.4) is 0 Å². The zero-order chi connectivity index (χ0) is 35.9. The van der Waals surface area contributed by atoms with Gasteiger partial charge < -0.3 is 30.3 Å². The first-order valence-corrected chi connectivity index (χ1v) is 17.2. The predicted octanol–water partition coefficient (Wildman–Crippen LogP) is 5.37. The van der Waals surface area contributed by atoms with Gasteiger partial charge in [-0.1, -0.05) is 78.7 Å². The minimum absolute atomic E-state index is 0.0479. The fourth-order valence-corrected chi connectivity index (χ4v) is 6.43. The summed E-state index contributed by atoms with van der Waals surface area (Å²) in [5.41, 5.74) is 2.43. The summed E-state index contributed by atoms with van der Waals surface area (Å²) >= 11 is 3.44. The standard InChI is InChI=1S/C38H46BrFN2O7/c1-22-7-6-8-24(15-22)16-25(36(46)42-35-28-19-27(40)13-14-33(28)49-21-32(35)44)18-31(43)30(17-23-9-11-26(39)12-10-23)41-37(47)29(38(2,3)4)20-34(45)48-5/h6-15,19,25,29-32,35,43-44H,16-18,20-21H2,1-5H3,(H,41,47)(H,42,46)/t25-,29-,30+,31+,32-,35+/m1/s1. The second-order valence-electron chi connectivity index (χ2n) is 13.9. The van der Waals surface area contributed by atoms with E-state index in [0.29, 0.717) is 11.3 Å². The zero-order valence-corrected chi connectivity index (χ0v) is 30.1. The van der Waals surface area contributed by atoms with Crippen molar-refractivity contribution < 1.29 is 38.5 Å². The van der Waals surface area contributed by atoms with Gasteiger partial charge in [0.05, 0.1) is 37.6 Å². The third kappa shape index (κ3) is 10.6. The molecular formula is C38H46BrFN2O7. The molecule has 264 valence electrons. The van der Waals surface area contributed by atoms with Crippen molar-refractivity contribution in [3.05, 3.63) is 99.3 Å². The van der Waals surface area contributed by atoms with Crippen LogP contribution in [0.4, 0.5) is 4.39 Å². The van der Waals surface area contributed by atoms with Crippen LogP contribution < -0.4 is 15.4 Å². The van der Waals surface area contributed by atoms with E-state index < -0.39 is 65.1 Å². The molecule has 0 saturated heterocycles. The van der Waals surface area contributed by atoms with Crippen molar-refractivity contribution >= 4 is 33.7 Å². The average Bonchev–Trinajstić information content (AvgIpc) is 3.04. The van der Waals surface area contributed by atoms with Crippen LogP contribution in [0.25, 0.3) is 0 Å². The van der Waals surface area contributed by atoms with Crippen molar-refractivity contribution in [3.8, 4) is 5.75 Å². The van der Waals surface area contributed by atoms with E-state index in [1.54, 1.807) is 0 Å². The molecule has 0 radical (unpaired) electrons. The Hall–Kier alpha value is -3.80. The Morgan fingerprint density at radius 3 is 2.39 bits per heavy atom. The number of aliphatic hydroxyl groups is 2. The first kappa shape index (κ1) is 38.0. The zero-order valence-electron chi connectivity index (χ0n) is 28.5. The Morgan fingerprint density at radius 2 is 1.73 bits per heavy atom. The average molecular weight is 742 g/mol. The molecule has 0 aromatic heterocycles. The topological polar surface area (TPSA) is 134 Å². The number of carbonyl (C=O) groups is 3. The third-order valence-corrected chi connectivity index (χ3v) is 9.51. The van der Waals surface area contributed by atoms with E-state index in [2.05, 4.69) is 26.6 Å². The molecule has 0 bridgehead atoms. The van der Waals surface area contributed by atoms with Crippen LogP contribution >= 0.6 is 15.9 Å². The van der Waals surface area contributed by atoms with Gasteiger partial charge in [0.1, 0.15) is 24.3 Å². The van der Waals surface area contributed by atoms with E-state index in [1.807, 2.05) is 76.2 Å². The molecule has 4 N–H and O–H groups in total. The maximum absolute atomic E-state index is 14.3. The van der Waals surface area contributed by atoms with E-state index in [1.165, 1.54) is 25.3 Å². The van der Waals surface area contributed by atoms with Gasteiger partial charge in [-0.3, -0.25) is 14.4 Å². The minimum atomic E-state index is -1.20. The number of amides is 2. The second-order valence-corrected chi connectivity index (χ2v) is 14.8. The van der Waals surface area contributed by atoms with Gasteiger partial charge in [0.15, 0.2) is 0 Å². The SMILES string of the molecule is COC(=O)C[C@H](C(=O)N[C@@H](Cc1ccc(Br)cc1)[C@@H](O)C[C@@H](Cc1cccc(C)c1)C(=O)N[C@H]1c2cc(F)ccc2OC[C@H]1O)C(C)(C)C. The van der Waals surface area contributed by atoms with Gasteiger partial charge in [-0.15, -0.1) is 0 Å². The highest BCUT2D eigenvalue weighted by Gasteiger charge is 2.38. The molecule has 1 aliphatic heterocycles. The number of aliphatic hydroxyl groups excluding tert-OH is 2. The normalized spacial score (nSPS) is 18.2. The highest BCUT2D eigenvalue weighted by Crippen LogP contribution is 2.34. The molecule has 9 nitrogen and oxygen atoms in total. The fourth-order valence-electron chi connectivity index (χ4n) is 6.16. The first-order valence-electron chi connectivity index (χ1n) is 16.4. The molecule has 49 heavy (non-hydrogen) atoms. The molecule has 1 aliphatic rings. The Labute approximate surface area is 295 Å². The van der Waals surface area contributed by atoms with Gasteiger partial charge in [0, 0.05) is 16.0 Å². The summed E-state index contributed by atoms with van der Waals surface area (Å²) < 4.78 is 25.6. The number of rotatable bonds is 13. The summed E-state index contributed by atoms with van der Waals surface area (Å²) in [5, 5.41) is 28.6. The summed E-state index contributed by atoms with van der Waals surface area (Å²) in [7, 11) is 1.27. The van der Waals surface area contributed by atoms with E-state index in [0.717, 1.165) is 21.2 Å². The van der Waals surface area contributed by atoms with E-state index in [-0.39, 0.29) is 32.3 Å². The van der Waals surface area contributed by atoms with Crippen molar-refractivity contribution in [2.24, 2.45) is 17.3 Å². The van der Waals surface area contributed by atoms with E-state index in [4.69, 9.17) is 9.47 Å². The number of fused-ring (bicyclic) bond motifs is 1. The predicted molar refractivity (Wildman–Crippen MR) is 187 cm³/mol. The van der Waals surface area contributed by atoms with Gasteiger partial charge in [-0.25, -0.2) is 4.39 Å². The lowest BCUT2D eigenvalue weighted by atomic mass is 9.77. The molecule has 4 rings (SSSR count). The number of ether oxygens (including phenoxy) is 2. The van der Waals surface area contributed by atoms with E-state index in [9.17, 15) is 29.0 Å². The van der Waals surface area contributed by atoms with Crippen LogP contribution in [0.5, 0.6) is 5.75 Å². The summed E-state index contributed by atoms with van der Waals surface area (Å²) in [6.45, 7) is 7.43. The van der Waals surface area contributed by atoms with Crippen LogP contribution in [-0.2, 0) is 32.0 Å². The lowest BCUT2D eigenvalue weighted by molar-refractivity contribution is -0.146. The van der Waals surface area contributed by atoms with Crippen LogP contribution in [-0.4, -0.2) is 60.0 Å². The largest absolute Gasteiger partial charge is 0.490 e. The molecular weight excluding hydrogens is 695 g/mol. The Morgan fingerprint density at radius 1 is 1.02 bits per heavy atom. The number of nitrogens with one attached hydrogen (secondary N) is 2. The molecule has 11 heteroatoms. The fraction of sp³-hybridized carbons (Fsp3) is 0.447. The van der Waals surface area contributed by atoms with Gasteiger partial charge >= 0.3 is 5.97 Å². The monoisotopic (exact) mass is 740 g/mol. The minimum Gasteiger partial charge on any atom is -0.490 e. The number of methoxy groups -OCH3 is 1. The maximum Gasteiger partial charge on any atom is 0.306 e. The lowest BCUT2D eigenvalue weighted by Crippen LogP contribution is -2.51. The first-order chi connectivity index (χ1) is 23.1. The van der Waals surface area contributed by atoms with E-state index >= 15 is 0 Å². The molecule has 0 aliphatic carbocycles. The molecule has 0 saturated carbocycles. The van der Waals surface area contributed by atoms with Crippen LogP contribution in [0.2, 0.25) is 0 Å². The smallest absolute Gasteiger partial charge is 0.306 e. The number of hydrogen-bond acceptors (Lipinski definition) is 7. The van der Waals surface area contributed by atoms with Crippen molar-refractivity contribution in [2.45, 2.75) is 77.7 Å². The van der Waals surface area contributed by atoms with Crippen LogP contribution in [0.1, 0.15) is 61.9 Å². The van der Waals surface area contributed by atoms with Crippen molar-refractivity contribution in [1.29, 1.82) is 0 Å². The maximum atomic E-state index is 14.3. The summed E-state index contributed by atoms with van der Waals surface area (Å²) in [6, 6.07) is 17.4. The molecule has 3 aromatic rings. The Kier molecular flexibility index (Phi) is 13.0. The highest BCUT2D eigenvalue weighted by atomic mass is 79.9. The molecule has 0 unspecified atom stereocenters. The summed E-state index contributed by atoms with van der Waals surface area (Å²) in [4.78, 5) is 40.2. The van der Waals surface area contributed by atoms with Gasteiger partial charge in [-0.2, -0.15) is 0 Å². The van der Waals surface area contributed by atoms with Crippen molar-refractivity contribution in [3.63, 3.8) is 0 Å². The number of benzene rings is 3. The second kappa shape index (κ2) is 16.7. The number of hydrogen-bond donors (Lipinski definition) is 4. The van der Waals surface area contributed by atoms with Gasteiger partial charge in [0.25, 0.3) is 0 Å². The van der Waals surface area contributed by atoms with Gasteiger partial charge in [0.2, 0.25) is 11.8 Å². The van der Waals surface area contributed by atoms with Crippen molar-refractivity contribution in [1.82, 2.24) is 10.6 Å². The Bertz CT molecular complexity index is 1610. The number of carbonyl (C=O) groups excluding carboxylic acids is 3. The number of halogens is 2. The highest BCUT2D eigenvalue weighted by molar-refractivity contribution is 9.10. The van der Waals surface area contributed by atoms with Crippen LogP contribution in [0.15, 0.2) is 71.2 Å². The number of esters is 1. The summed E-state index contributed by atoms with van der Waals surface area (Å²) in [5.74, 6) is -3.11. The Balaban J connectivity index is 1.64. The quantitative estimate of drug-likeness (QED) is 0.173. The van der Waals surface area contributed by atoms with Crippen molar-refractivity contribution in [2.75, 3.05) is 13.7 Å². The molecule has 2 amide bonds. The molecule has 3 aromatic carbocycles. The molecule has 1 heterocycles. The van der Waals surface area contributed by atoms with Crippen LogP contribution in [0, 0.1) is 30.0 Å². The molecule has 0 fully saturated rings. The van der Waals surface area contributed by atoms with Gasteiger partial charge in [-0.05, 0) is 73.1 Å². The number of aryl methyl sites for hydroxylation is 1. The molecule has 0 spiro atoms. The summed E-state index contributed by atoms with van der Waals surface area (Å²) in [6.07, 6.45) is -2.01.